The van der Waals surface area contributed by atoms with Crippen LogP contribution in [0.15, 0.2) is 16.8 Å². The molecular weight excluding hydrogens is 212 g/mol. The maximum absolute atomic E-state index is 5.10. The topological polar surface area (TPSA) is 38.1 Å². The predicted molar refractivity (Wildman–Crippen MR) is 68.5 cm³/mol. The minimum absolute atomic E-state index is 0.664. The molecule has 0 aliphatic heterocycles. The molecule has 2 unspecified atom stereocenters. The van der Waals surface area contributed by atoms with Crippen LogP contribution in [0.3, 0.4) is 0 Å². The highest BCUT2D eigenvalue weighted by molar-refractivity contribution is 4.93. The average molecular weight is 236 g/mol. The zero-order valence-corrected chi connectivity index (χ0v) is 11.0. The fourth-order valence-corrected chi connectivity index (χ4v) is 2.94. The second-order valence-corrected chi connectivity index (χ2v) is 5.72. The molecule has 17 heavy (non-hydrogen) atoms. The lowest BCUT2D eigenvalue weighted by atomic mass is 9.81. The van der Waals surface area contributed by atoms with Crippen LogP contribution < -0.4 is 5.32 Å². The number of rotatable bonds is 5. The highest BCUT2D eigenvalue weighted by Gasteiger charge is 2.22. The minimum atomic E-state index is 0.664. The maximum Gasteiger partial charge on any atom is 0.150 e. The van der Waals surface area contributed by atoms with Crippen LogP contribution in [-0.4, -0.2) is 11.2 Å². The van der Waals surface area contributed by atoms with Crippen molar-refractivity contribution in [2.45, 2.75) is 58.5 Å². The van der Waals surface area contributed by atoms with Gasteiger partial charge in [0, 0.05) is 12.1 Å². The molecule has 96 valence electrons. The van der Waals surface area contributed by atoms with E-state index in [9.17, 15) is 0 Å². The molecule has 0 bridgehead atoms. The molecule has 1 aromatic heterocycles. The molecule has 1 aliphatic rings. The summed E-state index contributed by atoms with van der Waals surface area (Å²) in [5.74, 6) is 2.68. The zero-order valence-electron chi connectivity index (χ0n) is 11.0. The number of hydrogen-bond acceptors (Lipinski definition) is 3. The molecule has 0 amide bonds. The van der Waals surface area contributed by atoms with E-state index in [0.29, 0.717) is 6.04 Å². The molecule has 1 saturated carbocycles. The molecule has 1 heterocycles. The SMILES string of the molecule is CC(C)CC1CCCC(NCc2ccno2)C1. The van der Waals surface area contributed by atoms with Crippen molar-refractivity contribution in [1.82, 2.24) is 10.5 Å². The van der Waals surface area contributed by atoms with Gasteiger partial charge in [-0.2, -0.15) is 0 Å². The maximum atomic E-state index is 5.10. The Balaban J connectivity index is 1.73. The van der Waals surface area contributed by atoms with Gasteiger partial charge in [-0.05, 0) is 31.1 Å². The Hall–Kier alpha value is -0.830. The van der Waals surface area contributed by atoms with Crippen molar-refractivity contribution in [2.75, 3.05) is 0 Å². The Bertz CT molecular complexity index is 308. The summed E-state index contributed by atoms with van der Waals surface area (Å²) in [7, 11) is 0. The third kappa shape index (κ3) is 4.15. The highest BCUT2D eigenvalue weighted by atomic mass is 16.5. The van der Waals surface area contributed by atoms with Gasteiger partial charge in [-0.1, -0.05) is 31.8 Å². The summed E-state index contributed by atoms with van der Waals surface area (Å²) in [4.78, 5) is 0. The van der Waals surface area contributed by atoms with Crippen molar-refractivity contribution in [3.8, 4) is 0 Å². The third-order valence-electron chi connectivity index (χ3n) is 3.64. The molecule has 1 fully saturated rings. The van der Waals surface area contributed by atoms with Gasteiger partial charge in [0.1, 0.15) is 5.76 Å². The first kappa shape index (κ1) is 12.6. The van der Waals surface area contributed by atoms with E-state index < -0.39 is 0 Å². The summed E-state index contributed by atoms with van der Waals surface area (Å²) < 4.78 is 5.10. The van der Waals surface area contributed by atoms with Crippen molar-refractivity contribution in [3.05, 3.63) is 18.0 Å². The molecular formula is C14H24N2O. The molecule has 0 saturated heterocycles. The van der Waals surface area contributed by atoms with Crippen LogP contribution in [0.25, 0.3) is 0 Å². The van der Waals surface area contributed by atoms with Crippen LogP contribution in [0.5, 0.6) is 0 Å². The van der Waals surface area contributed by atoms with Crippen molar-refractivity contribution < 1.29 is 4.52 Å². The Morgan fingerprint density at radius 1 is 1.47 bits per heavy atom. The van der Waals surface area contributed by atoms with Crippen LogP contribution in [0.1, 0.15) is 51.7 Å². The smallest absolute Gasteiger partial charge is 0.150 e. The van der Waals surface area contributed by atoms with E-state index in [1.54, 1.807) is 6.20 Å². The zero-order chi connectivity index (χ0) is 12.1. The van der Waals surface area contributed by atoms with Gasteiger partial charge in [-0.3, -0.25) is 0 Å². The van der Waals surface area contributed by atoms with E-state index in [-0.39, 0.29) is 0 Å². The summed E-state index contributed by atoms with van der Waals surface area (Å²) in [5, 5.41) is 7.32. The third-order valence-corrected chi connectivity index (χ3v) is 3.64. The van der Waals surface area contributed by atoms with Crippen LogP contribution in [0, 0.1) is 11.8 Å². The molecule has 3 heteroatoms. The fraction of sp³-hybridized carbons (Fsp3) is 0.786. The van der Waals surface area contributed by atoms with Crippen molar-refractivity contribution in [3.63, 3.8) is 0 Å². The Labute approximate surface area is 104 Å². The standard InChI is InChI=1S/C14H24N2O/c1-11(2)8-12-4-3-5-13(9-12)15-10-14-6-7-16-17-14/h6-7,11-13,15H,3-5,8-10H2,1-2H3. The summed E-state index contributed by atoms with van der Waals surface area (Å²) in [6.45, 7) is 5.47. The molecule has 0 aromatic carbocycles. The van der Waals surface area contributed by atoms with Gasteiger partial charge in [0.25, 0.3) is 0 Å². The highest BCUT2D eigenvalue weighted by Crippen LogP contribution is 2.29. The first-order chi connectivity index (χ1) is 8.24. The van der Waals surface area contributed by atoms with Gasteiger partial charge in [0.15, 0.2) is 0 Å². The summed E-state index contributed by atoms with van der Waals surface area (Å²) in [5.41, 5.74) is 0. The molecule has 1 aliphatic carbocycles. The van der Waals surface area contributed by atoms with E-state index in [2.05, 4.69) is 24.3 Å². The summed E-state index contributed by atoms with van der Waals surface area (Å²) >= 11 is 0. The van der Waals surface area contributed by atoms with Crippen LogP contribution >= 0.6 is 0 Å². The monoisotopic (exact) mass is 236 g/mol. The normalized spacial score (nSPS) is 25.4. The Morgan fingerprint density at radius 2 is 2.35 bits per heavy atom. The second-order valence-electron chi connectivity index (χ2n) is 5.72. The largest absolute Gasteiger partial charge is 0.360 e. The lowest BCUT2D eigenvalue weighted by Crippen LogP contribution is -2.34. The lowest BCUT2D eigenvalue weighted by molar-refractivity contribution is 0.246. The average Bonchev–Trinajstić information content (AvgIpc) is 2.79. The van der Waals surface area contributed by atoms with Gasteiger partial charge < -0.3 is 9.84 Å². The molecule has 2 atom stereocenters. The van der Waals surface area contributed by atoms with Crippen LogP contribution in [0.2, 0.25) is 0 Å². The Morgan fingerprint density at radius 3 is 3.06 bits per heavy atom. The van der Waals surface area contributed by atoms with Crippen molar-refractivity contribution >= 4 is 0 Å². The molecule has 2 rings (SSSR count). The van der Waals surface area contributed by atoms with E-state index in [4.69, 9.17) is 4.52 Å². The van der Waals surface area contributed by atoms with Gasteiger partial charge in [0.2, 0.25) is 0 Å². The van der Waals surface area contributed by atoms with Crippen LogP contribution in [-0.2, 0) is 6.54 Å². The van der Waals surface area contributed by atoms with Gasteiger partial charge in [-0.15, -0.1) is 0 Å². The molecule has 0 radical (unpaired) electrons. The van der Waals surface area contributed by atoms with E-state index in [1.165, 1.54) is 32.1 Å². The van der Waals surface area contributed by atoms with Gasteiger partial charge in [0.05, 0.1) is 12.7 Å². The van der Waals surface area contributed by atoms with Crippen LogP contribution in [0.4, 0.5) is 0 Å². The first-order valence-electron chi connectivity index (χ1n) is 6.87. The number of nitrogens with one attached hydrogen (secondary N) is 1. The van der Waals surface area contributed by atoms with Gasteiger partial charge in [-0.25, -0.2) is 0 Å². The van der Waals surface area contributed by atoms with Crippen molar-refractivity contribution in [2.24, 2.45) is 11.8 Å². The predicted octanol–water partition coefficient (Wildman–Crippen LogP) is 3.37. The quantitative estimate of drug-likeness (QED) is 0.851. The van der Waals surface area contributed by atoms with E-state index >= 15 is 0 Å². The van der Waals surface area contributed by atoms with Crippen molar-refractivity contribution in [1.29, 1.82) is 0 Å². The summed E-state index contributed by atoms with van der Waals surface area (Å²) in [6, 6.07) is 2.60. The van der Waals surface area contributed by atoms with E-state index in [0.717, 1.165) is 24.1 Å². The number of hydrogen-bond donors (Lipinski definition) is 1. The fourth-order valence-electron chi connectivity index (χ4n) is 2.94. The van der Waals surface area contributed by atoms with E-state index in [1.807, 2.05) is 6.07 Å². The van der Waals surface area contributed by atoms with Gasteiger partial charge >= 0.3 is 0 Å². The Kier molecular flexibility index (Phi) is 4.60. The molecule has 0 spiro atoms. The molecule has 1 N–H and O–H groups in total. The molecule has 1 aromatic rings. The first-order valence-corrected chi connectivity index (χ1v) is 6.87. The lowest BCUT2D eigenvalue weighted by Gasteiger charge is -2.30. The number of nitrogens with zero attached hydrogens (tertiary/aromatic N) is 1. The molecule has 3 nitrogen and oxygen atoms in total. The summed E-state index contributed by atoms with van der Waals surface area (Å²) in [6.07, 6.45) is 8.50. The minimum Gasteiger partial charge on any atom is -0.360 e. The second kappa shape index (κ2) is 6.20. The number of aromatic nitrogens is 1.